The number of fused-ring (bicyclic) bond motifs is 3. The number of nitrogen functional groups attached to an aromatic ring is 1. The maximum absolute atomic E-state index is 16.7. The van der Waals surface area contributed by atoms with Gasteiger partial charge in [0.2, 0.25) is 5.88 Å². The molecule has 3 N–H and O–H groups in total. The Kier molecular flexibility index (Phi) is 7.00. The normalized spacial score (nSPS) is 28.2. The number of halogens is 6. The molecule has 3 fully saturated rings. The molecule has 0 bridgehead atoms. The largest absolute Gasteiger partial charge is 0.472 e. The molecule has 3 saturated heterocycles. The number of nitrogens with two attached hydrogens (primary N) is 1. The molecule has 45 heavy (non-hydrogen) atoms. The van der Waals surface area contributed by atoms with E-state index in [1.54, 1.807) is 6.92 Å². The predicted octanol–water partition coefficient (Wildman–Crippen LogP) is 4.78. The maximum atomic E-state index is 16.7. The average Bonchev–Trinajstić information content (AvgIpc) is 3.46. The fourth-order valence-electron chi connectivity index (χ4n) is 7.76. The van der Waals surface area contributed by atoms with Gasteiger partial charge in [-0.3, -0.25) is 4.90 Å². The molecule has 0 spiro atoms. The molecule has 9 nitrogen and oxygen atoms in total. The number of aromatic nitrogens is 3. The molecule has 15 heteroatoms. The van der Waals surface area contributed by atoms with Gasteiger partial charge in [-0.25, -0.2) is 18.2 Å². The Labute approximate surface area is 255 Å². The van der Waals surface area contributed by atoms with Gasteiger partial charge in [0.05, 0.1) is 22.8 Å². The summed E-state index contributed by atoms with van der Waals surface area (Å²) < 4.78 is 101. The molecule has 1 aromatic carbocycles. The smallest absolute Gasteiger partial charge is 0.417 e. The standard InChI is InChI=1S/C30H33F6N7O2/c1-13-20(30(34,35)36)17(9-18(37)21(13)32)23-22(33)24-19-26(43-8-6-38-14(2)25(43)15(3)45-27(19)39-23)41-28(40-24)44-12-29-5-4-7-42(29)11-16(31)10-29/h9,14-16,25,38H,4-8,10-12,37H2,1-3H3/t14-,15+,16+,25-,29-/m0/s1. The van der Waals surface area contributed by atoms with Crippen LogP contribution in [0.1, 0.15) is 44.2 Å². The number of piperazine rings is 1. The highest BCUT2D eigenvalue weighted by Crippen LogP contribution is 2.47. The molecular weight excluding hydrogens is 604 g/mol. The molecular formula is C30H33F6N7O2. The molecule has 242 valence electrons. The van der Waals surface area contributed by atoms with Crippen LogP contribution in [0.2, 0.25) is 0 Å². The van der Waals surface area contributed by atoms with Gasteiger partial charge in [0.1, 0.15) is 47.1 Å². The van der Waals surface area contributed by atoms with Crippen molar-refractivity contribution in [2.75, 3.05) is 43.4 Å². The first kappa shape index (κ1) is 30.1. The van der Waals surface area contributed by atoms with E-state index < -0.39 is 63.7 Å². The third-order valence-corrected chi connectivity index (χ3v) is 9.75. The zero-order valence-electron chi connectivity index (χ0n) is 24.9. The van der Waals surface area contributed by atoms with Crippen molar-refractivity contribution in [3.8, 4) is 23.1 Å². The van der Waals surface area contributed by atoms with E-state index in [2.05, 4.69) is 20.2 Å². The predicted molar refractivity (Wildman–Crippen MR) is 154 cm³/mol. The van der Waals surface area contributed by atoms with E-state index in [0.717, 1.165) is 26.0 Å². The summed E-state index contributed by atoms with van der Waals surface area (Å²) in [6.07, 6.45) is -4.74. The van der Waals surface area contributed by atoms with Crippen LogP contribution in [0.5, 0.6) is 11.9 Å². The lowest BCUT2D eigenvalue weighted by atomic mass is 9.95. The first-order valence-corrected chi connectivity index (χ1v) is 15.0. The summed E-state index contributed by atoms with van der Waals surface area (Å²) in [7, 11) is 0. The number of benzene rings is 1. The lowest BCUT2D eigenvalue weighted by molar-refractivity contribution is -0.137. The minimum Gasteiger partial charge on any atom is -0.472 e. The molecule has 5 atom stereocenters. The number of pyridine rings is 1. The molecule has 0 saturated carbocycles. The van der Waals surface area contributed by atoms with E-state index in [1.807, 2.05) is 11.8 Å². The molecule has 3 aromatic rings. The fraction of sp³-hybridized carbons (Fsp3) is 0.567. The third kappa shape index (κ3) is 4.72. The Bertz CT molecular complexity index is 1690. The molecule has 7 rings (SSSR count). The summed E-state index contributed by atoms with van der Waals surface area (Å²) in [6.45, 7) is 6.82. The first-order valence-electron chi connectivity index (χ1n) is 15.0. The number of rotatable bonds is 4. The molecule has 0 radical (unpaired) electrons. The highest BCUT2D eigenvalue weighted by Gasteiger charge is 2.50. The van der Waals surface area contributed by atoms with Crippen molar-refractivity contribution in [3.63, 3.8) is 0 Å². The van der Waals surface area contributed by atoms with Crippen LogP contribution < -0.4 is 25.4 Å². The van der Waals surface area contributed by atoms with E-state index in [0.29, 0.717) is 26.1 Å². The van der Waals surface area contributed by atoms with E-state index in [9.17, 15) is 22.0 Å². The topological polar surface area (TPSA) is 102 Å². The minimum atomic E-state index is -5.06. The quantitative estimate of drug-likeness (QED) is 0.309. The number of ether oxygens (including phenoxy) is 2. The molecule has 4 aliphatic heterocycles. The second-order valence-electron chi connectivity index (χ2n) is 12.6. The average molecular weight is 638 g/mol. The first-order chi connectivity index (χ1) is 21.3. The van der Waals surface area contributed by atoms with Crippen LogP contribution >= 0.6 is 0 Å². The monoisotopic (exact) mass is 637 g/mol. The second kappa shape index (κ2) is 10.5. The highest BCUT2D eigenvalue weighted by atomic mass is 19.4. The lowest BCUT2D eigenvalue weighted by Gasteiger charge is -2.42. The van der Waals surface area contributed by atoms with E-state index in [1.165, 1.54) is 0 Å². The van der Waals surface area contributed by atoms with Crippen LogP contribution in [0, 0.1) is 18.6 Å². The summed E-state index contributed by atoms with van der Waals surface area (Å²) in [5, 5.41) is 3.47. The Morgan fingerprint density at radius 1 is 1.16 bits per heavy atom. The van der Waals surface area contributed by atoms with Gasteiger partial charge in [0.15, 0.2) is 5.82 Å². The van der Waals surface area contributed by atoms with E-state index in [-0.39, 0.29) is 53.7 Å². The second-order valence-corrected chi connectivity index (χ2v) is 12.6. The van der Waals surface area contributed by atoms with Crippen LogP contribution in [0.3, 0.4) is 0 Å². The number of nitrogens with zero attached hydrogens (tertiary/aromatic N) is 5. The fourth-order valence-corrected chi connectivity index (χ4v) is 7.76. The molecule has 4 aliphatic rings. The molecule has 2 aromatic heterocycles. The van der Waals surface area contributed by atoms with Crippen LogP contribution in [-0.2, 0) is 6.18 Å². The Balaban J connectivity index is 1.44. The van der Waals surface area contributed by atoms with Gasteiger partial charge in [-0.2, -0.15) is 23.1 Å². The molecule has 0 amide bonds. The third-order valence-electron chi connectivity index (χ3n) is 9.75. The number of alkyl halides is 4. The van der Waals surface area contributed by atoms with Crippen molar-refractivity contribution in [1.82, 2.24) is 25.2 Å². The van der Waals surface area contributed by atoms with Gasteiger partial charge in [0.25, 0.3) is 0 Å². The van der Waals surface area contributed by atoms with Crippen molar-refractivity contribution in [3.05, 3.63) is 28.8 Å². The van der Waals surface area contributed by atoms with Crippen molar-refractivity contribution < 1.29 is 35.8 Å². The molecule has 6 heterocycles. The van der Waals surface area contributed by atoms with Gasteiger partial charge in [-0.15, -0.1) is 0 Å². The van der Waals surface area contributed by atoms with Gasteiger partial charge in [-0.05, 0) is 51.8 Å². The van der Waals surface area contributed by atoms with Gasteiger partial charge < -0.3 is 25.4 Å². The van der Waals surface area contributed by atoms with Crippen molar-refractivity contribution in [2.24, 2.45) is 0 Å². The number of hydrogen-bond donors (Lipinski definition) is 2. The lowest BCUT2D eigenvalue weighted by Crippen LogP contribution is -2.61. The highest BCUT2D eigenvalue weighted by molar-refractivity contribution is 5.97. The minimum absolute atomic E-state index is 0.0605. The Morgan fingerprint density at radius 2 is 1.93 bits per heavy atom. The van der Waals surface area contributed by atoms with Crippen molar-refractivity contribution in [1.29, 1.82) is 0 Å². The summed E-state index contributed by atoms with van der Waals surface area (Å²) in [6, 6.07) is 0.106. The Morgan fingerprint density at radius 3 is 2.69 bits per heavy atom. The van der Waals surface area contributed by atoms with Crippen molar-refractivity contribution in [2.45, 2.75) is 76.1 Å². The molecule has 0 aliphatic carbocycles. The summed E-state index contributed by atoms with van der Waals surface area (Å²) >= 11 is 0. The van der Waals surface area contributed by atoms with Gasteiger partial charge in [-0.1, -0.05) is 0 Å². The Hall–Kier alpha value is -3.59. The van der Waals surface area contributed by atoms with Gasteiger partial charge in [0, 0.05) is 37.7 Å². The summed E-state index contributed by atoms with van der Waals surface area (Å²) in [5.41, 5.74) is 0.558. The summed E-state index contributed by atoms with van der Waals surface area (Å²) in [4.78, 5) is 17.3. The van der Waals surface area contributed by atoms with Crippen molar-refractivity contribution >= 4 is 22.4 Å². The van der Waals surface area contributed by atoms with Crippen LogP contribution in [-0.4, -0.2) is 82.5 Å². The van der Waals surface area contributed by atoms with Crippen LogP contribution in [0.4, 0.5) is 37.8 Å². The zero-order chi connectivity index (χ0) is 32.0. The number of anilines is 2. The number of nitrogens with one attached hydrogen (secondary N) is 1. The number of hydrogen-bond acceptors (Lipinski definition) is 9. The zero-order valence-corrected chi connectivity index (χ0v) is 24.9. The van der Waals surface area contributed by atoms with Crippen LogP contribution in [0.25, 0.3) is 22.2 Å². The maximum Gasteiger partial charge on any atom is 0.417 e. The summed E-state index contributed by atoms with van der Waals surface area (Å²) in [5.74, 6) is -2.34. The van der Waals surface area contributed by atoms with Crippen LogP contribution in [0.15, 0.2) is 6.07 Å². The molecule has 0 unspecified atom stereocenters. The van der Waals surface area contributed by atoms with Gasteiger partial charge >= 0.3 is 12.2 Å². The van der Waals surface area contributed by atoms with E-state index in [4.69, 9.17) is 20.2 Å². The SMILES string of the molecule is Cc1c(F)c(N)cc(-c2nc3c4c(nc(OC[C@@]56CCCN5C[C@H](F)C6)nc4c2F)N2CCN[C@@H](C)[C@H]2[C@@H](C)O3)c1C(F)(F)F. The van der Waals surface area contributed by atoms with E-state index >= 15 is 4.39 Å².